The molecule has 1 aromatic heterocycles. The Bertz CT molecular complexity index is 396. The molecule has 0 aliphatic rings. The fourth-order valence-electron chi connectivity index (χ4n) is 1.38. The van der Waals surface area contributed by atoms with Gasteiger partial charge in [-0.15, -0.1) is 0 Å². The number of nitrogens with one attached hydrogen (secondary N) is 2. The Labute approximate surface area is 113 Å². The fraction of sp³-hybridized carbons (Fsp3) is 0.615. The second kappa shape index (κ2) is 7.16. The first-order valence-electron chi connectivity index (χ1n) is 6.27. The van der Waals surface area contributed by atoms with Gasteiger partial charge in [0.1, 0.15) is 23.7 Å². The lowest BCUT2D eigenvalue weighted by Crippen LogP contribution is -2.36. The smallest absolute Gasteiger partial charge is 0.407 e. The number of rotatable bonds is 6. The summed E-state index contributed by atoms with van der Waals surface area (Å²) in [5, 5.41) is 14.6. The molecule has 6 heteroatoms. The quantitative estimate of drug-likeness (QED) is 0.680. The predicted molar refractivity (Wildman–Crippen MR) is 70.6 cm³/mol. The van der Waals surface area contributed by atoms with Crippen molar-refractivity contribution in [3.8, 4) is 0 Å². The van der Waals surface area contributed by atoms with Crippen LogP contribution in [0, 0.1) is 0 Å². The third-order valence-electron chi connectivity index (χ3n) is 2.14. The van der Waals surface area contributed by atoms with Gasteiger partial charge in [0, 0.05) is 13.1 Å². The van der Waals surface area contributed by atoms with E-state index in [1.807, 2.05) is 20.8 Å². The predicted octanol–water partition coefficient (Wildman–Crippen LogP) is 1.39. The van der Waals surface area contributed by atoms with E-state index in [1.165, 1.54) is 0 Å². The summed E-state index contributed by atoms with van der Waals surface area (Å²) in [6, 6.07) is 3.54. The van der Waals surface area contributed by atoms with Gasteiger partial charge >= 0.3 is 6.09 Å². The number of carbonyl (C=O) groups is 1. The largest absolute Gasteiger partial charge is 0.462 e. The minimum absolute atomic E-state index is 0.0970. The fourth-order valence-corrected chi connectivity index (χ4v) is 1.38. The van der Waals surface area contributed by atoms with Crippen LogP contribution in [0.25, 0.3) is 0 Å². The highest BCUT2D eigenvalue weighted by atomic mass is 16.6. The van der Waals surface area contributed by atoms with Crippen LogP contribution in [0.15, 0.2) is 16.5 Å². The molecule has 0 saturated heterocycles. The van der Waals surface area contributed by atoms with Gasteiger partial charge in [-0.3, -0.25) is 0 Å². The van der Waals surface area contributed by atoms with Crippen LogP contribution in [0.5, 0.6) is 0 Å². The van der Waals surface area contributed by atoms with Crippen LogP contribution in [0.4, 0.5) is 4.79 Å². The van der Waals surface area contributed by atoms with E-state index in [0.717, 1.165) is 5.76 Å². The molecule has 1 amide bonds. The van der Waals surface area contributed by atoms with Crippen molar-refractivity contribution in [1.29, 1.82) is 0 Å². The molecule has 0 saturated carbocycles. The molecular formula is C13H22N2O4. The number of alkyl carbamates (subject to hydrolysis) is 1. The number of aliphatic hydroxyl groups is 1. The molecule has 108 valence electrons. The highest BCUT2D eigenvalue weighted by molar-refractivity contribution is 5.67. The summed E-state index contributed by atoms with van der Waals surface area (Å²) in [5.74, 6) is 1.30. The third-order valence-corrected chi connectivity index (χ3v) is 2.14. The minimum atomic E-state index is -0.480. The Balaban J connectivity index is 2.09. The summed E-state index contributed by atoms with van der Waals surface area (Å²) >= 11 is 0. The molecule has 19 heavy (non-hydrogen) atoms. The van der Waals surface area contributed by atoms with Gasteiger partial charge in [-0.25, -0.2) is 4.79 Å². The second-order valence-corrected chi connectivity index (χ2v) is 5.13. The van der Waals surface area contributed by atoms with Gasteiger partial charge in [0.25, 0.3) is 0 Å². The summed E-state index contributed by atoms with van der Waals surface area (Å²) in [6.45, 7) is 6.99. The molecule has 0 aromatic carbocycles. The molecule has 0 fully saturated rings. The normalized spacial score (nSPS) is 11.4. The van der Waals surface area contributed by atoms with Gasteiger partial charge in [0.2, 0.25) is 0 Å². The van der Waals surface area contributed by atoms with Crippen molar-refractivity contribution in [3.05, 3.63) is 23.7 Å². The number of ether oxygens (including phenoxy) is 1. The van der Waals surface area contributed by atoms with E-state index in [2.05, 4.69) is 10.6 Å². The molecule has 0 spiro atoms. The van der Waals surface area contributed by atoms with Crippen LogP contribution in [-0.4, -0.2) is 29.9 Å². The van der Waals surface area contributed by atoms with Crippen molar-refractivity contribution in [3.63, 3.8) is 0 Å². The van der Waals surface area contributed by atoms with Crippen molar-refractivity contribution in [2.45, 2.75) is 39.5 Å². The molecule has 3 N–H and O–H groups in total. The van der Waals surface area contributed by atoms with Crippen molar-refractivity contribution in [1.82, 2.24) is 10.6 Å². The van der Waals surface area contributed by atoms with E-state index in [1.54, 1.807) is 12.1 Å². The van der Waals surface area contributed by atoms with Crippen LogP contribution in [0.1, 0.15) is 32.3 Å². The molecule has 1 rings (SSSR count). The Morgan fingerprint density at radius 1 is 1.32 bits per heavy atom. The van der Waals surface area contributed by atoms with E-state index in [9.17, 15) is 4.79 Å². The second-order valence-electron chi connectivity index (χ2n) is 5.13. The van der Waals surface area contributed by atoms with Gasteiger partial charge < -0.3 is 24.9 Å². The number of amides is 1. The lowest BCUT2D eigenvalue weighted by molar-refractivity contribution is 0.0528. The van der Waals surface area contributed by atoms with E-state index in [4.69, 9.17) is 14.3 Å². The molecule has 6 nitrogen and oxygen atoms in total. The van der Waals surface area contributed by atoms with Crippen molar-refractivity contribution in [2.75, 3.05) is 13.1 Å². The lowest BCUT2D eigenvalue weighted by Gasteiger charge is -2.19. The monoisotopic (exact) mass is 270 g/mol. The van der Waals surface area contributed by atoms with Gasteiger partial charge in [0.15, 0.2) is 0 Å². The van der Waals surface area contributed by atoms with E-state index in [0.29, 0.717) is 25.4 Å². The average Bonchev–Trinajstić information content (AvgIpc) is 2.74. The number of furan rings is 1. The zero-order valence-corrected chi connectivity index (χ0v) is 11.7. The number of hydrogen-bond acceptors (Lipinski definition) is 5. The Kier molecular flexibility index (Phi) is 5.85. The summed E-state index contributed by atoms with van der Waals surface area (Å²) in [6.07, 6.45) is -0.421. The first-order chi connectivity index (χ1) is 8.90. The Morgan fingerprint density at radius 3 is 2.58 bits per heavy atom. The first-order valence-corrected chi connectivity index (χ1v) is 6.27. The summed E-state index contributed by atoms with van der Waals surface area (Å²) in [4.78, 5) is 11.3. The maximum absolute atomic E-state index is 11.3. The summed E-state index contributed by atoms with van der Waals surface area (Å²) < 4.78 is 10.4. The number of hydrogen-bond donors (Lipinski definition) is 3. The van der Waals surface area contributed by atoms with Crippen molar-refractivity contribution in [2.24, 2.45) is 0 Å². The van der Waals surface area contributed by atoms with E-state index in [-0.39, 0.29) is 6.61 Å². The van der Waals surface area contributed by atoms with E-state index < -0.39 is 11.7 Å². The maximum Gasteiger partial charge on any atom is 0.407 e. The minimum Gasteiger partial charge on any atom is -0.462 e. The summed E-state index contributed by atoms with van der Waals surface area (Å²) in [5.41, 5.74) is -0.480. The van der Waals surface area contributed by atoms with Crippen molar-refractivity contribution >= 4 is 6.09 Å². The van der Waals surface area contributed by atoms with Gasteiger partial charge in [-0.05, 0) is 32.9 Å². The molecule has 0 unspecified atom stereocenters. The zero-order valence-electron chi connectivity index (χ0n) is 11.7. The van der Waals surface area contributed by atoms with Crippen LogP contribution in [0.3, 0.4) is 0 Å². The van der Waals surface area contributed by atoms with Crippen LogP contribution in [0.2, 0.25) is 0 Å². The molecule has 1 heterocycles. The lowest BCUT2D eigenvalue weighted by atomic mass is 10.2. The average molecular weight is 270 g/mol. The maximum atomic E-state index is 11.3. The van der Waals surface area contributed by atoms with Crippen LogP contribution >= 0.6 is 0 Å². The SMILES string of the molecule is CC(C)(C)OC(=O)NCCNCc1ccc(CO)o1. The summed E-state index contributed by atoms with van der Waals surface area (Å²) in [7, 11) is 0. The van der Waals surface area contributed by atoms with Gasteiger partial charge in [-0.2, -0.15) is 0 Å². The Morgan fingerprint density at radius 2 is 2.00 bits per heavy atom. The number of aliphatic hydroxyl groups excluding tert-OH is 1. The zero-order chi connectivity index (χ0) is 14.3. The molecular weight excluding hydrogens is 248 g/mol. The molecule has 0 aliphatic carbocycles. The topological polar surface area (TPSA) is 83.7 Å². The standard InChI is InChI=1S/C13H22N2O4/c1-13(2,3)19-12(17)15-7-6-14-8-10-4-5-11(9-16)18-10/h4-5,14,16H,6-9H2,1-3H3,(H,15,17). The van der Waals surface area contributed by atoms with E-state index >= 15 is 0 Å². The first kappa shape index (κ1) is 15.5. The highest BCUT2D eigenvalue weighted by Gasteiger charge is 2.15. The van der Waals surface area contributed by atoms with Crippen LogP contribution < -0.4 is 10.6 Å². The van der Waals surface area contributed by atoms with Crippen molar-refractivity contribution < 1.29 is 19.1 Å². The molecule has 0 radical (unpaired) electrons. The van der Waals surface area contributed by atoms with Gasteiger partial charge in [-0.1, -0.05) is 0 Å². The Hall–Kier alpha value is -1.53. The third kappa shape index (κ3) is 6.83. The number of carbonyl (C=O) groups excluding carboxylic acids is 1. The molecule has 0 aliphatic heterocycles. The molecule has 1 aromatic rings. The molecule has 0 atom stereocenters. The molecule has 0 bridgehead atoms. The van der Waals surface area contributed by atoms with Crippen LogP contribution in [-0.2, 0) is 17.9 Å². The van der Waals surface area contributed by atoms with Gasteiger partial charge in [0.05, 0.1) is 6.54 Å². The highest BCUT2D eigenvalue weighted by Crippen LogP contribution is 2.07.